The summed E-state index contributed by atoms with van der Waals surface area (Å²) in [7, 11) is 0. The Balaban J connectivity index is 0.859. The predicted octanol–water partition coefficient (Wildman–Crippen LogP) is 15.7. The zero-order valence-corrected chi connectivity index (χ0v) is 33.5. The third-order valence-electron chi connectivity index (χ3n) is 13.4. The summed E-state index contributed by atoms with van der Waals surface area (Å²) in [5.74, 6) is 0. The van der Waals surface area contributed by atoms with Gasteiger partial charge in [0, 0.05) is 43.9 Å². The molecule has 0 radical (unpaired) electrons. The Morgan fingerprint density at radius 3 is 1.79 bits per heavy atom. The van der Waals surface area contributed by atoms with Gasteiger partial charge in [0.1, 0.15) is 0 Å². The lowest BCUT2D eigenvalue weighted by Crippen LogP contribution is -1.94. The van der Waals surface area contributed by atoms with Crippen LogP contribution in [0.1, 0.15) is 0 Å². The fourth-order valence-electron chi connectivity index (χ4n) is 10.6. The molecule has 10 aromatic carbocycles. The van der Waals surface area contributed by atoms with E-state index < -0.39 is 0 Å². The lowest BCUT2D eigenvalue weighted by molar-refractivity contribution is 1.18. The summed E-state index contributed by atoms with van der Waals surface area (Å²) in [6.45, 7) is 0. The van der Waals surface area contributed by atoms with Gasteiger partial charge in [0.2, 0.25) is 0 Å². The average molecular weight is 786 g/mol. The molecule has 1 aliphatic carbocycles. The van der Waals surface area contributed by atoms with E-state index in [4.69, 9.17) is 4.98 Å². The Morgan fingerprint density at radius 1 is 0.290 bits per heavy atom. The number of pyridine rings is 1. The minimum Gasteiger partial charge on any atom is -0.309 e. The van der Waals surface area contributed by atoms with Crippen molar-refractivity contribution in [2.45, 2.75) is 0 Å². The van der Waals surface area contributed by atoms with E-state index in [-0.39, 0.29) is 0 Å². The van der Waals surface area contributed by atoms with Crippen LogP contribution in [0.5, 0.6) is 0 Å². The van der Waals surface area contributed by atoms with Crippen molar-refractivity contribution in [3.63, 3.8) is 0 Å². The molecule has 0 fully saturated rings. The third kappa shape index (κ3) is 4.73. The van der Waals surface area contributed by atoms with E-state index >= 15 is 0 Å². The SMILES string of the molecule is c1ccc(-n2c3ccccc3c3c4ccc(-c5ccc6c(c5)c5ccccc5n6-c5ccc6cc(-c7cc8c9c(cccc9n7)-c7ccccc7-8)ccc6c5)cc4ccc32)cc1. The number of aromatic nitrogens is 3. The molecule has 0 amide bonds. The monoisotopic (exact) mass is 785 g/mol. The Morgan fingerprint density at radius 2 is 0.903 bits per heavy atom. The number of nitrogens with zero attached hydrogens (tertiary/aromatic N) is 3. The summed E-state index contributed by atoms with van der Waals surface area (Å²) in [6.07, 6.45) is 0. The van der Waals surface area contributed by atoms with E-state index in [2.05, 4.69) is 221 Å². The maximum Gasteiger partial charge on any atom is 0.0722 e. The highest BCUT2D eigenvalue weighted by molar-refractivity contribution is 6.22. The van der Waals surface area contributed by atoms with Crippen molar-refractivity contribution in [1.29, 1.82) is 0 Å². The standard InChI is InChI=1S/C59H35N3/c1-2-11-42(12-3-1)61-55-20-9-7-16-49(55)59-44-28-24-37(31-40(44)26-30-57(59)61)39-25-29-56-50(34-39)47-15-6-8-19-54(47)62(56)43-27-23-36-32-41(22-21-38(36)33-43)53-35-51-46-14-5-4-13-45(46)48-17-10-18-52(60-53)58(48)51/h1-35H. The maximum absolute atomic E-state index is 5.20. The molecule has 13 aromatic rings. The Labute approximate surface area is 357 Å². The van der Waals surface area contributed by atoms with Gasteiger partial charge in [0.05, 0.1) is 33.3 Å². The summed E-state index contributed by atoms with van der Waals surface area (Å²) < 4.78 is 4.81. The molecule has 286 valence electrons. The van der Waals surface area contributed by atoms with Crippen LogP contribution in [-0.4, -0.2) is 14.1 Å². The zero-order chi connectivity index (χ0) is 40.5. The molecule has 0 unspecified atom stereocenters. The molecule has 3 heteroatoms. The lowest BCUT2D eigenvalue weighted by Gasteiger charge is -2.12. The largest absolute Gasteiger partial charge is 0.309 e. The molecule has 0 spiro atoms. The second-order valence-corrected chi connectivity index (χ2v) is 16.7. The van der Waals surface area contributed by atoms with Gasteiger partial charge < -0.3 is 9.13 Å². The summed E-state index contributed by atoms with van der Waals surface area (Å²) >= 11 is 0. The highest BCUT2D eigenvalue weighted by atomic mass is 15.0. The fraction of sp³-hybridized carbons (Fsp3) is 0. The molecule has 0 saturated heterocycles. The van der Waals surface area contributed by atoms with Crippen LogP contribution in [0.2, 0.25) is 0 Å². The van der Waals surface area contributed by atoms with Gasteiger partial charge in [0.25, 0.3) is 0 Å². The van der Waals surface area contributed by atoms with Crippen LogP contribution in [0.4, 0.5) is 0 Å². The summed E-state index contributed by atoms with van der Waals surface area (Å²) in [5.41, 5.74) is 17.9. The van der Waals surface area contributed by atoms with Gasteiger partial charge in [-0.25, -0.2) is 4.98 Å². The van der Waals surface area contributed by atoms with E-state index in [1.165, 1.54) is 110 Å². The van der Waals surface area contributed by atoms with Crippen molar-refractivity contribution in [2.24, 2.45) is 0 Å². The number of fused-ring (bicyclic) bond motifs is 12. The molecule has 0 aliphatic heterocycles. The number of hydrogen-bond acceptors (Lipinski definition) is 1. The predicted molar refractivity (Wildman–Crippen MR) is 261 cm³/mol. The first-order chi connectivity index (χ1) is 30.7. The molecular formula is C59H35N3. The molecule has 1 aliphatic rings. The normalized spacial score (nSPS) is 12.2. The molecule has 3 heterocycles. The summed E-state index contributed by atoms with van der Waals surface area (Å²) in [6, 6.07) is 77.9. The van der Waals surface area contributed by atoms with Gasteiger partial charge in [-0.15, -0.1) is 0 Å². The minimum atomic E-state index is 1.00. The minimum absolute atomic E-state index is 1.00. The maximum atomic E-state index is 5.20. The van der Waals surface area contributed by atoms with E-state index in [0.717, 1.165) is 22.5 Å². The highest BCUT2D eigenvalue weighted by Crippen LogP contribution is 2.48. The van der Waals surface area contributed by atoms with E-state index in [0.29, 0.717) is 0 Å². The second kappa shape index (κ2) is 12.6. The van der Waals surface area contributed by atoms with Gasteiger partial charge in [-0.1, -0.05) is 133 Å². The quantitative estimate of drug-likeness (QED) is 0.174. The first kappa shape index (κ1) is 33.5. The van der Waals surface area contributed by atoms with Gasteiger partial charge in [-0.2, -0.15) is 0 Å². The van der Waals surface area contributed by atoms with Crippen LogP contribution >= 0.6 is 0 Å². The van der Waals surface area contributed by atoms with Crippen molar-refractivity contribution in [2.75, 3.05) is 0 Å². The first-order valence-corrected chi connectivity index (χ1v) is 21.4. The molecule has 14 rings (SSSR count). The van der Waals surface area contributed by atoms with Crippen molar-refractivity contribution in [3.05, 3.63) is 212 Å². The number of benzene rings is 10. The van der Waals surface area contributed by atoms with E-state index in [1.807, 2.05) is 0 Å². The number of hydrogen-bond donors (Lipinski definition) is 0. The van der Waals surface area contributed by atoms with E-state index in [1.54, 1.807) is 0 Å². The summed E-state index contributed by atoms with van der Waals surface area (Å²) in [4.78, 5) is 5.20. The number of para-hydroxylation sites is 3. The molecular weight excluding hydrogens is 751 g/mol. The van der Waals surface area contributed by atoms with Crippen LogP contribution < -0.4 is 0 Å². The fourth-order valence-corrected chi connectivity index (χ4v) is 10.6. The van der Waals surface area contributed by atoms with Crippen molar-refractivity contribution in [1.82, 2.24) is 14.1 Å². The molecule has 0 atom stereocenters. The van der Waals surface area contributed by atoms with Crippen molar-refractivity contribution in [3.8, 4) is 56.0 Å². The van der Waals surface area contributed by atoms with Gasteiger partial charge in [-0.05, 0) is 134 Å². The first-order valence-electron chi connectivity index (χ1n) is 21.4. The topological polar surface area (TPSA) is 22.8 Å². The summed E-state index contributed by atoms with van der Waals surface area (Å²) in [5, 5.41) is 11.2. The van der Waals surface area contributed by atoms with Gasteiger partial charge in [-0.3, -0.25) is 0 Å². The van der Waals surface area contributed by atoms with Crippen LogP contribution in [0.3, 0.4) is 0 Å². The Bertz CT molecular complexity index is 4040. The third-order valence-corrected chi connectivity index (χ3v) is 13.4. The van der Waals surface area contributed by atoms with E-state index in [9.17, 15) is 0 Å². The molecule has 3 aromatic heterocycles. The van der Waals surface area contributed by atoms with Gasteiger partial charge in [0.15, 0.2) is 0 Å². The van der Waals surface area contributed by atoms with Crippen molar-refractivity contribution < 1.29 is 0 Å². The Kier molecular flexibility index (Phi) is 6.83. The van der Waals surface area contributed by atoms with Crippen LogP contribution in [-0.2, 0) is 0 Å². The molecule has 62 heavy (non-hydrogen) atoms. The molecule has 3 nitrogen and oxygen atoms in total. The molecule has 0 saturated carbocycles. The van der Waals surface area contributed by atoms with Crippen LogP contribution in [0, 0.1) is 0 Å². The van der Waals surface area contributed by atoms with Gasteiger partial charge >= 0.3 is 0 Å². The van der Waals surface area contributed by atoms with Crippen molar-refractivity contribution >= 4 is 76.1 Å². The molecule has 0 N–H and O–H groups in total. The smallest absolute Gasteiger partial charge is 0.0722 e. The lowest BCUT2D eigenvalue weighted by atomic mass is 9.97. The average Bonchev–Trinajstić information content (AvgIpc) is 3.98. The zero-order valence-electron chi connectivity index (χ0n) is 33.5. The van der Waals surface area contributed by atoms with Crippen LogP contribution in [0.25, 0.3) is 132 Å². The highest BCUT2D eigenvalue weighted by Gasteiger charge is 2.23. The molecule has 0 bridgehead atoms. The second-order valence-electron chi connectivity index (χ2n) is 16.7. The van der Waals surface area contributed by atoms with Crippen LogP contribution in [0.15, 0.2) is 212 Å². The Hall–Kier alpha value is -8.27. The number of rotatable bonds is 4.